The normalized spacial score (nSPS) is 10.9. The van der Waals surface area contributed by atoms with Crippen LogP contribution in [0.3, 0.4) is 0 Å². The molecule has 0 aliphatic carbocycles. The largest absolute Gasteiger partial charge is 0.395 e. The van der Waals surface area contributed by atoms with E-state index in [1.807, 2.05) is 12.1 Å². The molecule has 0 fully saturated rings. The number of nitrogens with zero attached hydrogens (tertiary/aromatic N) is 2. The number of rotatable bonds is 5. The summed E-state index contributed by atoms with van der Waals surface area (Å²) in [5.74, 6) is 0. The molecule has 0 spiro atoms. The summed E-state index contributed by atoms with van der Waals surface area (Å²) < 4.78 is 0. The molecular formula is C10H15ClN2O. The van der Waals surface area contributed by atoms with Gasteiger partial charge in [0.2, 0.25) is 0 Å². The summed E-state index contributed by atoms with van der Waals surface area (Å²) in [5.41, 5.74) is 0.938. The fraction of sp³-hybridized carbons (Fsp3) is 0.500. The third-order valence-corrected chi connectivity index (χ3v) is 2.23. The average molecular weight is 215 g/mol. The predicted octanol–water partition coefficient (Wildman–Crippen LogP) is 1.55. The van der Waals surface area contributed by atoms with Gasteiger partial charge in [-0.3, -0.25) is 4.90 Å². The summed E-state index contributed by atoms with van der Waals surface area (Å²) in [7, 11) is 0. The molecule has 0 aliphatic rings. The molecule has 78 valence electrons. The molecule has 1 rings (SSSR count). The SMILES string of the molecule is CCN(CCO)Cc1cccc(Cl)n1. The lowest BCUT2D eigenvalue weighted by Gasteiger charge is -2.18. The average Bonchev–Trinajstić information content (AvgIpc) is 2.17. The first kappa shape index (κ1) is 11.4. The Morgan fingerprint density at radius 2 is 2.29 bits per heavy atom. The molecule has 0 unspecified atom stereocenters. The van der Waals surface area contributed by atoms with Gasteiger partial charge in [0.25, 0.3) is 0 Å². The molecular weight excluding hydrogens is 200 g/mol. The summed E-state index contributed by atoms with van der Waals surface area (Å²) in [6, 6.07) is 5.58. The summed E-state index contributed by atoms with van der Waals surface area (Å²) in [6.45, 7) is 4.53. The van der Waals surface area contributed by atoms with E-state index in [9.17, 15) is 0 Å². The van der Waals surface area contributed by atoms with Crippen LogP contribution in [0.25, 0.3) is 0 Å². The Hall–Kier alpha value is -0.640. The van der Waals surface area contributed by atoms with Gasteiger partial charge in [0, 0.05) is 13.1 Å². The van der Waals surface area contributed by atoms with Crippen molar-refractivity contribution >= 4 is 11.6 Å². The molecule has 0 saturated carbocycles. The van der Waals surface area contributed by atoms with Gasteiger partial charge >= 0.3 is 0 Å². The van der Waals surface area contributed by atoms with Crippen molar-refractivity contribution in [2.45, 2.75) is 13.5 Å². The summed E-state index contributed by atoms with van der Waals surface area (Å²) in [5, 5.41) is 9.33. The lowest BCUT2D eigenvalue weighted by atomic mass is 10.3. The molecule has 0 saturated heterocycles. The van der Waals surface area contributed by atoms with E-state index in [0.29, 0.717) is 11.7 Å². The summed E-state index contributed by atoms with van der Waals surface area (Å²) >= 11 is 5.77. The van der Waals surface area contributed by atoms with Crippen LogP contribution in [-0.4, -0.2) is 34.7 Å². The van der Waals surface area contributed by atoms with Gasteiger partial charge in [-0.05, 0) is 18.7 Å². The molecule has 0 bridgehead atoms. The molecule has 1 aromatic rings. The highest BCUT2D eigenvalue weighted by Crippen LogP contribution is 2.07. The number of pyridine rings is 1. The van der Waals surface area contributed by atoms with Gasteiger partial charge in [-0.25, -0.2) is 4.98 Å². The molecule has 1 aromatic heterocycles. The van der Waals surface area contributed by atoms with Crippen molar-refractivity contribution in [1.82, 2.24) is 9.88 Å². The van der Waals surface area contributed by atoms with Gasteiger partial charge in [-0.15, -0.1) is 0 Å². The summed E-state index contributed by atoms with van der Waals surface area (Å²) in [6.07, 6.45) is 0. The van der Waals surface area contributed by atoms with Crippen molar-refractivity contribution in [2.24, 2.45) is 0 Å². The highest BCUT2D eigenvalue weighted by atomic mass is 35.5. The standard InChI is InChI=1S/C10H15ClN2O/c1-2-13(6-7-14)8-9-4-3-5-10(11)12-9/h3-5,14H,2,6-8H2,1H3. The van der Waals surface area contributed by atoms with Gasteiger partial charge in [-0.2, -0.15) is 0 Å². The van der Waals surface area contributed by atoms with Gasteiger partial charge in [-0.1, -0.05) is 24.6 Å². The highest BCUT2D eigenvalue weighted by molar-refractivity contribution is 6.29. The first-order valence-electron chi connectivity index (χ1n) is 4.71. The van der Waals surface area contributed by atoms with Crippen LogP contribution in [0.15, 0.2) is 18.2 Å². The Labute approximate surface area is 89.3 Å². The van der Waals surface area contributed by atoms with E-state index in [2.05, 4.69) is 16.8 Å². The smallest absolute Gasteiger partial charge is 0.129 e. The molecule has 0 amide bonds. The van der Waals surface area contributed by atoms with Crippen LogP contribution in [-0.2, 0) is 6.54 Å². The third kappa shape index (κ3) is 3.62. The summed E-state index contributed by atoms with van der Waals surface area (Å²) in [4.78, 5) is 6.30. The lowest BCUT2D eigenvalue weighted by Crippen LogP contribution is -2.26. The van der Waals surface area contributed by atoms with Crippen LogP contribution in [0, 0.1) is 0 Å². The fourth-order valence-corrected chi connectivity index (χ4v) is 1.44. The van der Waals surface area contributed by atoms with Crippen molar-refractivity contribution in [3.05, 3.63) is 29.0 Å². The second-order valence-electron chi connectivity index (χ2n) is 3.04. The maximum absolute atomic E-state index is 8.81. The van der Waals surface area contributed by atoms with Crippen LogP contribution in [0.4, 0.5) is 0 Å². The van der Waals surface area contributed by atoms with E-state index in [4.69, 9.17) is 16.7 Å². The molecule has 0 atom stereocenters. The van der Waals surface area contributed by atoms with Gasteiger partial charge < -0.3 is 5.11 Å². The van der Waals surface area contributed by atoms with Crippen LogP contribution < -0.4 is 0 Å². The third-order valence-electron chi connectivity index (χ3n) is 2.02. The minimum absolute atomic E-state index is 0.175. The molecule has 0 radical (unpaired) electrons. The number of aromatic nitrogens is 1. The molecule has 0 aromatic carbocycles. The fourth-order valence-electron chi connectivity index (χ4n) is 1.26. The van der Waals surface area contributed by atoms with Gasteiger partial charge in [0.15, 0.2) is 0 Å². The van der Waals surface area contributed by atoms with Crippen molar-refractivity contribution in [3.8, 4) is 0 Å². The number of halogens is 1. The number of aliphatic hydroxyl groups is 1. The van der Waals surface area contributed by atoms with Crippen molar-refractivity contribution in [2.75, 3.05) is 19.7 Å². The van der Waals surface area contributed by atoms with Crippen molar-refractivity contribution < 1.29 is 5.11 Å². The van der Waals surface area contributed by atoms with E-state index in [1.165, 1.54) is 0 Å². The second-order valence-corrected chi connectivity index (χ2v) is 3.43. The van der Waals surface area contributed by atoms with Gasteiger partial charge in [0.1, 0.15) is 5.15 Å². The molecule has 4 heteroatoms. The molecule has 3 nitrogen and oxygen atoms in total. The molecule has 1 N–H and O–H groups in total. The maximum atomic E-state index is 8.81. The molecule has 14 heavy (non-hydrogen) atoms. The minimum atomic E-state index is 0.175. The Kier molecular flexibility index (Phi) is 4.87. The van der Waals surface area contributed by atoms with Crippen LogP contribution in [0.1, 0.15) is 12.6 Å². The van der Waals surface area contributed by atoms with Crippen LogP contribution in [0.2, 0.25) is 5.15 Å². The number of likely N-dealkylation sites (N-methyl/N-ethyl adjacent to an activating group) is 1. The van der Waals surface area contributed by atoms with Gasteiger partial charge in [0.05, 0.1) is 12.3 Å². The van der Waals surface area contributed by atoms with Crippen molar-refractivity contribution in [1.29, 1.82) is 0 Å². The number of hydrogen-bond acceptors (Lipinski definition) is 3. The van der Waals surface area contributed by atoms with Crippen LogP contribution >= 0.6 is 11.6 Å². The Morgan fingerprint density at radius 1 is 1.50 bits per heavy atom. The zero-order valence-electron chi connectivity index (χ0n) is 8.28. The van der Waals surface area contributed by atoms with E-state index >= 15 is 0 Å². The molecule has 1 heterocycles. The zero-order chi connectivity index (χ0) is 10.4. The van der Waals surface area contributed by atoms with Crippen LogP contribution in [0.5, 0.6) is 0 Å². The monoisotopic (exact) mass is 214 g/mol. The maximum Gasteiger partial charge on any atom is 0.129 e. The predicted molar refractivity (Wildman–Crippen MR) is 57.3 cm³/mol. The Balaban J connectivity index is 2.57. The van der Waals surface area contributed by atoms with E-state index in [1.54, 1.807) is 6.07 Å². The first-order chi connectivity index (χ1) is 6.76. The molecule has 0 aliphatic heterocycles. The van der Waals surface area contributed by atoms with Crippen molar-refractivity contribution in [3.63, 3.8) is 0 Å². The highest BCUT2D eigenvalue weighted by Gasteiger charge is 2.03. The number of aliphatic hydroxyl groups excluding tert-OH is 1. The second kappa shape index (κ2) is 5.96. The number of hydrogen-bond donors (Lipinski definition) is 1. The minimum Gasteiger partial charge on any atom is -0.395 e. The Morgan fingerprint density at radius 3 is 2.86 bits per heavy atom. The topological polar surface area (TPSA) is 36.4 Å². The lowest BCUT2D eigenvalue weighted by molar-refractivity contribution is 0.195. The van der Waals surface area contributed by atoms with E-state index < -0.39 is 0 Å². The van der Waals surface area contributed by atoms with E-state index in [-0.39, 0.29) is 6.61 Å². The van der Waals surface area contributed by atoms with E-state index in [0.717, 1.165) is 18.8 Å². The quantitative estimate of drug-likeness (QED) is 0.756. The first-order valence-corrected chi connectivity index (χ1v) is 5.08. The Bertz CT molecular complexity index is 281. The zero-order valence-corrected chi connectivity index (χ0v) is 9.04.